The third kappa shape index (κ3) is 6.51. The summed E-state index contributed by atoms with van der Waals surface area (Å²) >= 11 is 0. The van der Waals surface area contributed by atoms with E-state index in [0.717, 1.165) is 43.9 Å². The highest BCUT2D eigenvalue weighted by Gasteiger charge is 2.38. The van der Waals surface area contributed by atoms with Crippen molar-refractivity contribution in [2.75, 3.05) is 19.0 Å². The number of carbonyl (C=O) groups is 2. The maximum absolute atomic E-state index is 15.3. The number of rotatable bonds is 8. The lowest BCUT2D eigenvalue weighted by atomic mass is 9.88. The maximum Gasteiger partial charge on any atom is 0.417 e. The lowest BCUT2D eigenvalue weighted by Gasteiger charge is -2.27. The van der Waals surface area contributed by atoms with Crippen LogP contribution in [0.25, 0.3) is 33.1 Å². The number of hydrogen-bond acceptors (Lipinski definition) is 5. The van der Waals surface area contributed by atoms with Gasteiger partial charge < -0.3 is 24.5 Å². The molecular weight excluding hydrogens is 681 g/mol. The number of benzene rings is 3. The second-order valence-electron chi connectivity index (χ2n) is 13.6. The number of carbonyl (C=O) groups excluding carboxylic acids is 2. The van der Waals surface area contributed by atoms with Crippen molar-refractivity contribution in [3.05, 3.63) is 94.5 Å². The molecule has 1 fully saturated rings. The number of aromatic nitrogens is 3. The zero-order valence-electron chi connectivity index (χ0n) is 29.0. The van der Waals surface area contributed by atoms with Gasteiger partial charge in [-0.2, -0.15) is 13.2 Å². The van der Waals surface area contributed by atoms with E-state index >= 15 is 8.78 Å². The molecule has 1 amide bonds. The molecule has 0 bridgehead atoms. The number of ketones is 1. The highest BCUT2D eigenvalue weighted by molar-refractivity contribution is 6.18. The second-order valence-corrected chi connectivity index (χ2v) is 13.6. The fourth-order valence-corrected chi connectivity index (χ4v) is 7.67. The van der Waals surface area contributed by atoms with Crippen LogP contribution in [0.2, 0.25) is 0 Å². The predicted molar refractivity (Wildman–Crippen MR) is 188 cm³/mol. The van der Waals surface area contributed by atoms with E-state index in [0.29, 0.717) is 70.9 Å². The molecule has 3 heterocycles. The van der Waals surface area contributed by atoms with Gasteiger partial charge in [0.1, 0.15) is 23.1 Å². The van der Waals surface area contributed by atoms with E-state index < -0.39 is 40.8 Å². The fourth-order valence-electron chi connectivity index (χ4n) is 7.67. The highest BCUT2D eigenvalue weighted by Crippen LogP contribution is 2.46. The first-order valence-corrected chi connectivity index (χ1v) is 17.3. The van der Waals surface area contributed by atoms with Gasteiger partial charge in [-0.05, 0) is 69.2 Å². The normalized spacial score (nSPS) is 17.8. The third-order valence-electron chi connectivity index (χ3n) is 10.4. The van der Waals surface area contributed by atoms with Crippen LogP contribution in [0.1, 0.15) is 65.0 Å². The Hall–Kier alpha value is -4.88. The predicted octanol–water partition coefficient (Wildman–Crippen LogP) is 8.02. The summed E-state index contributed by atoms with van der Waals surface area (Å²) in [6.07, 6.45) is 4.44. The smallest absolute Gasteiger partial charge is 0.381 e. The zero-order valence-corrected chi connectivity index (χ0v) is 29.0. The molecule has 7 rings (SSSR count). The average molecular weight is 720 g/mol. The molecule has 0 radical (unpaired) electrons. The van der Waals surface area contributed by atoms with Gasteiger partial charge in [-0.3, -0.25) is 9.59 Å². The first-order valence-electron chi connectivity index (χ1n) is 17.3. The van der Waals surface area contributed by atoms with Gasteiger partial charge in [-0.1, -0.05) is 24.3 Å². The van der Waals surface area contributed by atoms with Crippen LogP contribution in [0, 0.1) is 18.6 Å². The van der Waals surface area contributed by atoms with Crippen LogP contribution in [0.3, 0.4) is 0 Å². The van der Waals surface area contributed by atoms with E-state index in [-0.39, 0.29) is 22.8 Å². The molecule has 8 nitrogen and oxygen atoms in total. The topological polar surface area (TPSA) is 90.2 Å². The molecular formula is C39H38F5N5O3. The number of ether oxygens (including phenoxy) is 1. The van der Waals surface area contributed by atoms with E-state index in [4.69, 9.17) is 4.74 Å². The molecule has 0 spiro atoms. The van der Waals surface area contributed by atoms with Crippen LogP contribution in [0.15, 0.2) is 54.7 Å². The van der Waals surface area contributed by atoms with E-state index in [1.165, 1.54) is 12.3 Å². The van der Waals surface area contributed by atoms with Gasteiger partial charge in [0.2, 0.25) is 5.91 Å². The minimum atomic E-state index is -4.68. The number of para-hydroxylation sites is 1. The number of fused-ring (bicyclic) bond motifs is 4. The molecule has 52 heavy (non-hydrogen) atoms. The Morgan fingerprint density at radius 3 is 2.50 bits per heavy atom. The Labute approximate surface area is 296 Å². The second kappa shape index (κ2) is 13.9. The van der Waals surface area contributed by atoms with Gasteiger partial charge in [0.25, 0.3) is 0 Å². The van der Waals surface area contributed by atoms with Gasteiger partial charge in [-0.15, -0.1) is 0 Å². The summed E-state index contributed by atoms with van der Waals surface area (Å²) < 4.78 is 83.6. The first kappa shape index (κ1) is 35.5. The van der Waals surface area contributed by atoms with Crippen molar-refractivity contribution >= 4 is 39.3 Å². The molecule has 2 N–H and O–H groups in total. The van der Waals surface area contributed by atoms with E-state index in [2.05, 4.69) is 15.6 Å². The fraction of sp³-hybridized carbons (Fsp3) is 0.359. The lowest BCUT2D eigenvalue weighted by molar-refractivity contribution is -0.137. The van der Waals surface area contributed by atoms with Crippen LogP contribution >= 0.6 is 0 Å². The number of hydrogen-bond donors (Lipinski definition) is 2. The first-order chi connectivity index (χ1) is 24.8. The highest BCUT2D eigenvalue weighted by atomic mass is 19.4. The number of nitrogens with zero attached hydrogens (tertiary/aromatic N) is 3. The van der Waals surface area contributed by atoms with Gasteiger partial charge in [0.05, 0.1) is 28.2 Å². The lowest BCUT2D eigenvalue weighted by Crippen LogP contribution is -2.35. The monoisotopic (exact) mass is 719 g/mol. The number of aryl methyl sites for hydroxylation is 4. The van der Waals surface area contributed by atoms with Crippen LogP contribution < -0.4 is 10.6 Å². The van der Waals surface area contributed by atoms with Crippen molar-refractivity contribution in [1.29, 1.82) is 0 Å². The minimum Gasteiger partial charge on any atom is -0.381 e. The van der Waals surface area contributed by atoms with Crippen molar-refractivity contribution in [3.8, 4) is 11.1 Å². The minimum absolute atomic E-state index is 0.0120. The van der Waals surface area contributed by atoms with Crippen LogP contribution in [-0.2, 0) is 35.7 Å². The van der Waals surface area contributed by atoms with E-state index in [9.17, 15) is 22.8 Å². The van der Waals surface area contributed by atoms with Crippen molar-refractivity contribution < 1.29 is 36.3 Å². The summed E-state index contributed by atoms with van der Waals surface area (Å²) in [5.41, 5.74) is 0.377. The third-order valence-corrected chi connectivity index (χ3v) is 10.4. The average Bonchev–Trinajstić information content (AvgIpc) is 3.62. The quantitative estimate of drug-likeness (QED) is 0.0964. The Morgan fingerprint density at radius 2 is 1.81 bits per heavy atom. The van der Waals surface area contributed by atoms with E-state index in [1.54, 1.807) is 54.5 Å². The molecule has 1 aliphatic heterocycles. The molecule has 1 saturated carbocycles. The van der Waals surface area contributed by atoms with Crippen LogP contribution in [0.4, 0.5) is 27.6 Å². The van der Waals surface area contributed by atoms with Crippen LogP contribution in [0.5, 0.6) is 0 Å². The van der Waals surface area contributed by atoms with Gasteiger partial charge in [0.15, 0.2) is 5.78 Å². The largest absolute Gasteiger partial charge is 0.417 e. The van der Waals surface area contributed by atoms with Crippen molar-refractivity contribution in [3.63, 3.8) is 0 Å². The summed E-state index contributed by atoms with van der Waals surface area (Å²) in [5.74, 6) is -3.15. The Kier molecular flexibility index (Phi) is 9.51. The standard InChI is InChI=1S/C39H38F5N5O3/c1-21-46-35-26-9-6-16-49-20-28(25-7-4-8-27(37(25)49)34(26)29(39(42,43)44)19-32(35)48(21)2)38(51)22-17-30(40)36(31(41)18-22)47-33(50)10-5-15-45-23-11-13-24(52-3)14-12-23/h4-5,7-8,10,17-20,23-24,45H,6,9,11-16H2,1-3H3,(H,47,50)/b10-5+. The molecule has 3 aromatic carbocycles. The number of anilines is 1. The number of halogens is 5. The summed E-state index contributed by atoms with van der Waals surface area (Å²) in [6, 6.07) is 7.92. The molecule has 2 aliphatic rings. The number of alkyl halides is 3. The Balaban J connectivity index is 1.17. The van der Waals surface area contributed by atoms with E-state index in [1.807, 2.05) is 0 Å². The maximum atomic E-state index is 15.3. The van der Waals surface area contributed by atoms with Crippen molar-refractivity contribution in [2.24, 2.45) is 7.05 Å². The molecule has 0 atom stereocenters. The number of amides is 1. The molecule has 2 aromatic heterocycles. The number of imidazole rings is 1. The molecule has 272 valence electrons. The van der Waals surface area contributed by atoms with Crippen LogP contribution in [-0.4, -0.2) is 51.6 Å². The van der Waals surface area contributed by atoms with Crippen molar-refractivity contribution in [1.82, 2.24) is 19.4 Å². The number of nitrogens with one attached hydrogen (secondary N) is 2. The molecule has 1 aliphatic carbocycles. The van der Waals surface area contributed by atoms with Gasteiger partial charge in [-0.25, -0.2) is 13.8 Å². The van der Waals surface area contributed by atoms with Gasteiger partial charge >= 0.3 is 6.18 Å². The van der Waals surface area contributed by atoms with Gasteiger partial charge in [0, 0.05) is 73.2 Å². The Morgan fingerprint density at radius 1 is 1.08 bits per heavy atom. The summed E-state index contributed by atoms with van der Waals surface area (Å²) in [4.78, 5) is 31.0. The summed E-state index contributed by atoms with van der Waals surface area (Å²) in [7, 11) is 3.39. The molecule has 13 heteroatoms. The molecule has 0 unspecified atom stereocenters. The summed E-state index contributed by atoms with van der Waals surface area (Å²) in [5, 5.41) is 5.91. The molecule has 5 aromatic rings. The molecule has 0 saturated heterocycles. The SMILES string of the molecule is COC1CCC(NC/C=C/C(=O)Nc2c(F)cc(C(=O)c3cn4c5c(cccc35)-c3c(C(F)(F)F)cc5c(nc(C)n5C)c3CCC4)cc2F)CC1. The summed E-state index contributed by atoms with van der Waals surface area (Å²) in [6.45, 7) is 2.53. The number of methoxy groups -OCH3 is 1. The Bertz CT molecular complexity index is 2220. The zero-order chi connectivity index (χ0) is 36.9. The van der Waals surface area contributed by atoms with Crippen molar-refractivity contribution in [2.45, 2.75) is 70.3 Å².